The van der Waals surface area contributed by atoms with Crippen LogP contribution in [0.1, 0.15) is 66.2 Å². The van der Waals surface area contributed by atoms with E-state index in [4.69, 9.17) is 0 Å². The minimum absolute atomic E-state index is 0.0333. The van der Waals surface area contributed by atoms with Crippen LogP contribution in [0.3, 0.4) is 0 Å². The van der Waals surface area contributed by atoms with Crippen LogP contribution in [0.5, 0.6) is 0 Å². The predicted octanol–water partition coefficient (Wildman–Crippen LogP) is 2.11. The zero-order valence-electron chi connectivity index (χ0n) is 17.3. The van der Waals surface area contributed by atoms with Crippen LogP contribution < -0.4 is 10.6 Å². The van der Waals surface area contributed by atoms with E-state index in [2.05, 4.69) is 31.4 Å². The maximum Gasteiger partial charge on any atom is 0.317 e. The molecule has 1 atom stereocenters. The maximum absolute atomic E-state index is 13.1. The van der Waals surface area contributed by atoms with Crippen molar-refractivity contribution < 1.29 is 14.4 Å². The molecule has 2 aliphatic rings. The van der Waals surface area contributed by atoms with Crippen LogP contribution in [0.2, 0.25) is 0 Å². The highest BCUT2D eigenvalue weighted by atomic mass is 16.2. The van der Waals surface area contributed by atoms with Gasteiger partial charge in [-0.05, 0) is 38.0 Å². The molecular weight excluding hydrogens is 344 g/mol. The summed E-state index contributed by atoms with van der Waals surface area (Å²) in [5.74, 6) is 0.323. The van der Waals surface area contributed by atoms with Gasteiger partial charge in [0.2, 0.25) is 11.8 Å². The van der Waals surface area contributed by atoms with Crippen LogP contribution in [0.4, 0.5) is 4.79 Å². The Hall–Kier alpha value is -1.79. The van der Waals surface area contributed by atoms with Crippen LogP contribution in [0, 0.1) is 5.92 Å². The summed E-state index contributed by atoms with van der Waals surface area (Å²) < 4.78 is 0. The lowest BCUT2D eigenvalue weighted by Crippen LogP contribution is -2.73. The van der Waals surface area contributed by atoms with E-state index in [0.717, 1.165) is 19.3 Å². The summed E-state index contributed by atoms with van der Waals surface area (Å²) in [6.07, 6.45) is 4.47. The number of piperazine rings is 1. The molecule has 154 valence electrons. The third kappa shape index (κ3) is 4.74. The first-order valence-electron chi connectivity index (χ1n) is 10.5. The average molecular weight is 381 g/mol. The standard InChI is InChI=1S/C20H36N4O3/c1-5-7-10-21-19(27)23-12-8-20(9-13-23)18(26)22-16(14-15(3)4)17(25)24(20)11-6-2/h15-16H,5-14H2,1-4H3,(H,21,27)(H,22,26). The largest absolute Gasteiger partial charge is 0.342 e. The molecule has 0 aromatic carbocycles. The first-order valence-corrected chi connectivity index (χ1v) is 10.5. The van der Waals surface area contributed by atoms with Gasteiger partial charge >= 0.3 is 6.03 Å². The molecule has 7 nitrogen and oxygen atoms in total. The summed E-state index contributed by atoms with van der Waals surface area (Å²) in [7, 11) is 0. The molecule has 2 aliphatic heterocycles. The third-order valence-electron chi connectivity index (χ3n) is 5.65. The minimum Gasteiger partial charge on any atom is -0.342 e. The van der Waals surface area contributed by atoms with E-state index in [1.54, 1.807) is 4.90 Å². The number of carbonyl (C=O) groups excluding carboxylic acids is 3. The third-order valence-corrected chi connectivity index (χ3v) is 5.65. The van der Waals surface area contributed by atoms with Gasteiger partial charge in [0.05, 0.1) is 0 Å². The number of amides is 4. The van der Waals surface area contributed by atoms with Gasteiger partial charge in [0, 0.05) is 26.2 Å². The quantitative estimate of drug-likeness (QED) is 0.664. The second-order valence-corrected chi connectivity index (χ2v) is 8.25. The van der Waals surface area contributed by atoms with E-state index >= 15 is 0 Å². The molecule has 0 bridgehead atoms. The van der Waals surface area contributed by atoms with Crippen molar-refractivity contribution in [3.8, 4) is 0 Å². The van der Waals surface area contributed by atoms with Gasteiger partial charge in [0.15, 0.2) is 0 Å². The minimum atomic E-state index is -0.805. The molecule has 2 rings (SSSR count). The topological polar surface area (TPSA) is 81.8 Å². The number of hydrogen-bond donors (Lipinski definition) is 2. The Bertz CT molecular complexity index is 541. The Kier molecular flexibility index (Phi) is 7.50. The summed E-state index contributed by atoms with van der Waals surface area (Å²) in [4.78, 5) is 42.0. The lowest BCUT2D eigenvalue weighted by atomic mass is 9.81. The molecule has 2 heterocycles. The van der Waals surface area contributed by atoms with Gasteiger partial charge in [-0.2, -0.15) is 0 Å². The van der Waals surface area contributed by atoms with Crippen LogP contribution in [-0.4, -0.2) is 65.4 Å². The van der Waals surface area contributed by atoms with Gasteiger partial charge < -0.3 is 20.4 Å². The van der Waals surface area contributed by atoms with Crippen molar-refractivity contribution in [1.82, 2.24) is 20.4 Å². The van der Waals surface area contributed by atoms with E-state index in [-0.39, 0.29) is 17.8 Å². The zero-order valence-corrected chi connectivity index (χ0v) is 17.3. The number of unbranched alkanes of at least 4 members (excludes halogenated alkanes) is 1. The molecular formula is C20H36N4O3. The lowest BCUT2D eigenvalue weighted by Gasteiger charge is -2.51. The number of hydrogen-bond acceptors (Lipinski definition) is 3. The second kappa shape index (κ2) is 9.42. The Labute approximate surface area is 163 Å². The van der Waals surface area contributed by atoms with Crippen LogP contribution in [-0.2, 0) is 9.59 Å². The van der Waals surface area contributed by atoms with Gasteiger partial charge in [-0.3, -0.25) is 9.59 Å². The maximum atomic E-state index is 13.1. The van der Waals surface area contributed by atoms with Gasteiger partial charge in [0.1, 0.15) is 11.6 Å². The van der Waals surface area contributed by atoms with Crippen LogP contribution in [0.15, 0.2) is 0 Å². The molecule has 0 aromatic rings. The first-order chi connectivity index (χ1) is 12.9. The second-order valence-electron chi connectivity index (χ2n) is 8.25. The first kappa shape index (κ1) is 21.5. The van der Waals surface area contributed by atoms with E-state index in [9.17, 15) is 14.4 Å². The molecule has 7 heteroatoms. The number of nitrogens with one attached hydrogen (secondary N) is 2. The SMILES string of the molecule is CCCCNC(=O)N1CCC2(CC1)C(=O)NC(CC(C)C)C(=O)N2CCC. The number of piperidine rings is 1. The molecule has 2 fully saturated rings. The summed E-state index contributed by atoms with van der Waals surface area (Å²) in [6, 6.07) is -0.495. The molecule has 0 radical (unpaired) electrons. The molecule has 0 aliphatic carbocycles. The van der Waals surface area contributed by atoms with E-state index in [1.165, 1.54) is 0 Å². The highest BCUT2D eigenvalue weighted by Gasteiger charge is 2.53. The van der Waals surface area contributed by atoms with Crippen molar-refractivity contribution >= 4 is 17.8 Å². The van der Waals surface area contributed by atoms with Crippen molar-refractivity contribution in [2.75, 3.05) is 26.2 Å². The van der Waals surface area contributed by atoms with Crippen molar-refractivity contribution in [3.63, 3.8) is 0 Å². The average Bonchev–Trinajstić information content (AvgIpc) is 2.63. The van der Waals surface area contributed by atoms with Crippen molar-refractivity contribution in [2.24, 2.45) is 5.92 Å². The highest BCUT2D eigenvalue weighted by Crippen LogP contribution is 2.34. The van der Waals surface area contributed by atoms with Gasteiger partial charge in [0.25, 0.3) is 0 Å². The summed E-state index contributed by atoms with van der Waals surface area (Å²) >= 11 is 0. The molecule has 0 saturated carbocycles. The number of nitrogens with zero attached hydrogens (tertiary/aromatic N) is 2. The van der Waals surface area contributed by atoms with E-state index in [0.29, 0.717) is 51.4 Å². The highest BCUT2D eigenvalue weighted by molar-refractivity contribution is 6.00. The van der Waals surface area contributed by atoms with Gasteiger partial charge in [-0.15, -0.1) is 0 Å². The fourth-order valence-corrected chi connectivity index (χ4v) is 4.12. The molecule has 0 aromatic heterocycles. The normalized spacial score (nSPS) is 22.3. The Morgan fingerprint density at radius 3 is 2.44 bits per heavy atom. The molecule has 2 saturated heterocycles. The number of rotatable bonds is 7. The Morgan fingerprint density at radius 1 is 1.22 bits per heavy atom. The molecule has 1 spiro atoms. The van der Waals surface area contributed by atoms with Gasteiger partial charge in [-0.25, -0.2) is 4.79 Å². The summed E-state index contributed by atoms with van der Waals surface area (Å²) in [6.45, 7) is 10.5. The van der Waals surface area contributed by atoms with Crippen molar-refractivity contribution in [2.45, 2.75) is 77.8 Å². The summed E-state index contributed by atoms with van der Waals surface area (Å²) in [5.41, 5.74) is -0.805. The molecule has 4 amide bonds. The van der Waals surface area contributed by atoms with Crippen LogP contribution in [0.25, 0.3) is 0 Å². The Balaban J connectivity index is 2.08. The lowest BCUT2D eigenvalue weighted by molar-refractivity contribution is -0.161. The number of likely N-dealkylation sites (tertiary alicyclic amines) is 1. The fraction of sp³-hybridized carbons (Fsp3) is 0.850. The summed E-state index contributed by atoms with van der Waals surface area (Å²) in [5, 5.41) is 5.92. The molecule has 2 N–H and O–H groups in total. The number of urea groups is 1. The van der Waals surface area contributed by atoms with Crippen molar-refractivity contribution in [3.05, 3.63) is 0 Å². The van der Waals surface area contributed by atoms with E-state index < -0.39 is 11.6 Å². The van der Waals surface area contributed by atoms with E-state index in [1.807, 2.05) is 11.8 Å². The smallest absolute Gasteiger partial charge is 0.317 e. The Morgan fingerprint density at radius 2 is 1.89 bits per heavy atom. The van der Waals surface area contributed by atoms with Crippen LogP contribution >= 0.6 is 0 Å². The fourth-order valence-electron chi connectivity index (χ4n) is 4.12. The van der Waals surface area contributed by atoms with Gasteiger partial charge in [-0.1, -0.05) is 34.1 Å². The molecule has 1 unspecified atom stereocenters. The van der Waals surface area contributed by atoms with Crippen molar-refractivity contribution in [1.29, 1.82) is 0 Å². The monoisotopic (exact) mass is 380 g/mol. The zero-order chi connectivity index (χ0) is 20.0. The number of carbonyl (C=O) groups is 3. The molecule has 27 heavy (non-hydrogen) atoms. The predicted molar refractivity (Wildman–Crippen MR) is 105 cm³/mol.